The molecule has 0 saturated carbocycles. The van der Waals surface area contributed by atoms with E-state index in [9.17, 15) is 4.79 Å². The van der Waals surface area contributed by atoms with E-state index in [0.29, 0.717) is 29.5 Å². The Labute approximate surface area is 191 Å². The maximum atomic E-state index is 12.8. The summed E-state index contributed by atoms with van der Waals surface area (Å²) >= 11 is 6.58. The van der Waals surface area contributed by atoms with Gasteiger partial charge in [-0.05, 0) is 42.5 Å². The molecule has 0 N–H and O–H groups in total. The lowest BCUT2D eigenvalue weighted by Gasteiger charge is -2.22. The fourth-order valence-electron chi connectivity index (χ4n) is 3.84. The van der Waals surface area contributed by atoms with Gasteiger partial charge in [0.15, 0.2) is 11.5 Å². The quantitative estimate of drug-likeness (QED) is 0.491. The second-order valence-electron chi connectivity index (χ2n) is 7.36. The zero-order valence-electron chi connectivity index (χ0n) is 18.4. The molecule has 1 aromatic heterocycles. The Balaban J connectivity index is 1.76. The van der Waals surface area contributed by atoms with Gasteiger partial charge in [0, 0.05) is 29.4 Å². The maximum absolute atomic E-state index is 12.8. The number of carbonyl (C=O) groups is 1. The molecule has 0 spiro atoms. The van der Waals surface area contributed by atoms with Crippen LogP contribution in [0.2, 0.25) is 5.15 Å². The Morgan fingerprint density at radius 3 is 2.53 bits per heavy atom. The number of aromatic nitrogens is 1. The third-order valence-corrected chi connectivity index (χ3v) is 5.85. The van der Waals surface area contributed by atoms with Crippen molar-refractivity contribution in [2.75, 3.05) is 21.3 Å². The summed E-state index contributed by atoms with van der Waals surface area (Å²) in [6.45, 7) is 1.81. The molecule has 32 heavy (non-hydrogen) atoms. The van der Waals surface area contributed by atoms with E-state index < -0.39 is 0 Å². The van der Waals surface area contributed by atoms with Crippen molar-refractivity contribution in [3.8, 4) is 17.2 Å². The highest BCUT2D eigenvalue weighted by molar-refractivity contribution is 6.30. The van der Waals surface area contributed by atoms with Crippen LogP contribution in [-0.2, 0) is 4.79 Å². The van der Waals surface area contributed by atoms with E-state index in [0.717, 1.165) is 33.5 Å². The molecule has 1 aliphatic heterocycles. The number of ether oxygens (including phenoxy) is 3. The average Bonchev–Trinajstić information content (AvgIpc) is 3.27. The van der Waals surface area contributed by atoms with Gasteiger partial charge in [-0.1, -0.05) is 18.5 Å². The first kappa shape index (κ1) is 21.9. The van der Waals surface area contributed by atoms with Crippen molar-refractivity contribution in [1.29, 1.82) is 0 Å². The van der Waals surface area contributed by atoms with Crippen LogP contribution in [0.15, 0.2) is 47.6 Å². The first-order valence-corrected chi connectivity index (χ1v) is 10.6. The minimum Gasteiger partial charge on any atom is -0.497 e. The van der Waals surface area contributed by atoms with Gasteiger partial charge in [0.2, 0.25) is 5.91 Å². The summed E-state index contributed by atoms with van der Waals surface area (Å²) in [6, 6.07) is 12.8. The minimum absolute atomic E-state index is 0.0905. The molecule has 0 fully saturated rings. The van der Waals surface area contributed by atoms with Crippen LogP contribution in [-0.4, -0.2) is 42.9 Å². The largest absolute Gasteiger partial charge is 0.497 e. The van der Waals surface area contributed by atoms with Gasteiger partial charge in [0.05, 0.1) is 38.6 Å². The summed E-state index contributed by atoms with van der Waals surface area (Å²) in [6.07, 6.45) is 0.823. The monoisotopic (exact) mass is 453 g/mol. The van der Waals surface area contributed by atoms with E-state index in [1.54, 1.807) is 21.3 Å². The zero-order valence-corrected chi connectivity index (χ0v) is 19.1. The molecule has 2 heterocycles. The predicted octanol–water partition coefficient (Wildman–Crippen LogP) is 5.00. The molecule has 0 aliphatic carbocycles. The molecule has 8 heteroatoms. The van der Waals surface area contributed by atoms with Gasteiger partial charge in [-0.3, -0.25) is 4.79 Å². The number of hydrazone groups is 1. The summed E-state index contributed by atoms with van der Waals surface area (Å²) in [4.78, 5) is 17.3. The van der Waals surface area contributed by atoms with Gasteiger partial charge in [-0.15, -0.1) is 0 Å². The molecule has 7 nitrogen and oxygen atoms in total. The maximum Gasteiger partial charge on any atom is 0.242 e. The number of nitrogens with zero attached hydrogens (tertiary/aromatic N) is 3. The smallest absolute Gasteiger partial charge is 0.242 e. The fourth-order valence-corrected chi connectivity index (χ4v) is 4.11. The first-order chi connectivity index (χ1) is 15.5. The number of rotatable bonds is 6. The molecule has 166 valence electrons. The van der Waals surface area contributed by atoms with Gasteiger partial charge in [0.25, 0.3) is 0 Å². The normalized spacial score (nSPS) is 15.6. The van der Waals surface area contributed by atoms with E-state index in [1.165, 1.54) is 5.01 Å². The highest BCUT2D eigenvalue weighted by Crippen LogP contribution is 2.39. The number of fused-ring (bicyclic) bond motifs is 1. The van der Waals surface area contributed by atoms with Crippen LogP contribution in [0.3, 0.4) is 0 Å². The number of carbonyl (C=O) groups excluding carboxylic acids is 1. The molecule has 4 rings (SSSR count). The fraction of sp³-hybridized carbons (Fsp3) is 0.292. The van der Waals surface area contributed by atoms with Crippen LogP contribution in [0.25, 0.3) is 10.9 Å². The summed E-state index contributed by atoms with van der Waals surface area (Å²) < 4.78 is 16.1. The molecule has 2 aromatic carbocycles. The summed E-state index contributed by atoms with van der Waals surface area (Å²) in [5.74, 6) is 1.86. The number of amides is 1. The molecule has 0 bridgehead atoms. The highest BCUT2D eigenvalue weighted by atomic mass is 35.5. The third-order valence-electron chi connectivity index (χ3n) is 5.55. The van der Waals surface area contributed by atoms with Gasteiger partial charge in [-0.2, -0.15) is 5.10 Å². The molecule has 0 saturated heterocycles. The second-order valence-corrected chi connectivity index (χ2v) is 7.71. The van der Waals surface area contributed by atoms with Crippen molar-refractivity contribution in [2.24, 2.45) is 5.10 Å². The van der Waals surface area contributed by atoms with Crippen molar-refractivity contribution in [1.82, 2.24) is 9.99 Å². The topological polar surface area (TPSA) is 73.3 Å². The third kappa shape index (κ3) is 3.96. The number of hydrogen-bond acceptors (Lipinski definition) is 6. The Morgan fingerprint density at radius 1 is 1.06 bits per heavy atom. The van der Waals surface area contributed by atoms with Crippen molar-refractivity contribution in [2.45, 2.75) is 25.8 Å². The number of benzene rings is 2. The lowest BCUT2D eigenvalue weighted by molar-refractivity contribution is -0.132. The molecule has 1 aliphatic rings. The van der Waals surface area contributed by atoms with Crippen LogP contribution < -0.4 is 14.2 Å². The van der Waals surface area contributed by atoms with E-state index >= 15 is 0 Å². The van der Waals surface area contributed by atoms with E-state index in [2.05, 4.69) is 10.1 Å². The first-order valence-electron chi connectivity index (χ1n) is 10.2. The number of methoxy groups -OCH3 is 3. The lowest BCUT2D eigenvalue weighted by atomic mass is 9.98. The molecular weight excluding hydrogens is 430 g/mol. The number of halogens is 1. The van der Waals surface area contributed by atoms with Crippen LogP contribution in [0.4, 0.5) is 0 Å². The van der Waals surface area contributed by atoms with E-state index in [-0.39, 0.29) is 11.9 Å². The Morgan fingerprint density at radius 2 is 1.84 bits per heavy atom. The Kier molecular flexibility index (Phi) is 6.19. The molecule has 0 radical (unpaired) electrons. The van der Waals surface area contributed by atoms with E-state index in [4.69, 9.17) is 25.8 Å². The van der Waals surface area contributed by atoms with Crippen molar-refractivity contribution in [3.05, 3.63) is 58.7 Å². The van der Waals surface area contributed by atoms with Crippen molar-refractivity contribution >= 4 is 34.1 Å². The van der Waals surface area contributed by atoms with E-state index in [1.807, 2.05) is 49.4 Å². The van der Waals surface area contributed by atoms with Gasteiger partial charge in [-0.25, -0.2) is 9.99 Å². The summed E-state index contributed by atoms with van der Waals surface area (Å²) in [7, 11) is 4.79. The van der Waals surface area contributed by atoms with Crippen LogP contribution >= 0.6 is 11.6 Å². The van der Waals surface area contributed by atoms with Gasteiger partial charge >= 0.3 is 0 Å². The molecular formula is C24H24ClN3O4. The van der Waals surface area contributed by atoms with Crippen LogP contribution in [0.1, 0.15) is 36.9 Å². The van der Waals surface area contributed by atoms with Crippen molar-refractivity contribution < 1.29 is 19.0 Å². The summed E-state index contributed by atoms with van der Waals surface area (Å²) in [5, 5.41) is 7.41. The molecule has 3 aromatic rings. The predicted molar refractivity (Wildman–Crippen MR) is 124 cm³/mol. The van der Waals surface area contributed by atoms with Crippen LogP contribution in [0.5, 0.6) is 17.2 Å². The Hall–Kier alpha value is -3.32. The molecule has 1 amide bonds. The minimum atomic E-state index is -0.360. The van der Waals surface area contributed by atoms with Gasteiger partial charge in [0.1, 0.15) is 10.9 Å². The number of hydrogen-bond donors (Lipinski definition) is 0. The molecule has 1 unspecified atom stereocenters. The Bertz CT molecular complexity index is 1210. The van der Waals surface area contributed by atoms with Gasteiger partial charge < -0.3 is 14.2 Å². The zero-order chi connectivity index (χ0) is 22.8. The highest BCUT2D eigenvalue weighted by Gasteiger charge is 2.34. The molecule has 1 atom stereocenters. The SMILES string of the molecule is CCC(=O)N1N=C(c2ccc(OC)c(OC)c2)CC1c1cc2cc(OC)ccc2nc1Cl. The average molecular weight is 454 g/mol. The second kappa shape index (κ2) is 9.04. The standard InChI is InChI=1S/C24H24ClN3O4/c1-5-23(29)28-20(13-19(27-28)14-6-9-21(31-3)22(12-14)32-4)17-11-15-10-16(30-2)7-8-18(15)26-24(17)25/h6-12,20H,5,13H2,1-4H3. The van der Waals surface area contributed by atoms with Crippen molar-refractivity contribution in [3.63, 3.8) is 0 Å². The number of pyridine rings is 1. The lowest BCUT2D eigenvalue weighted by Crippen LogP contribution is -2.26. The van der Waals surface area contributed by atoms with Crippen LogP contribution in [0, 0.1) is 0 Å². The summed E-state index contributed by atoms with van der Waals surface area (Å²) in [5.41, 5.74) is 3.12.